The van der Waals surface area contributed by atoms with Crippen molar-refractivity contribution in [2.24, 2.45) is 0 Å². The first-order chi connectivity index (χ1) is 14.2. The molecule has 1 atom stereocenters. The Bertz CT molecular complexity index is 941. The normalized spacial score (nSPS) is 15.1. The summed E-state index contributed by atoms with van der Waals surface area (Å²) >= 11 is 0. The van der Waals surface area contributed by atoms with E-state index in [4.69, 9.17) is 14.6 Å². The van der Waals surface area contributed by atoms with Crippen molar-refractivity contribution in [2.45, 2.75) is 25.4 Å². The van der Waals surface area contributed by atoms with Crippen LogP contribution in [-0.4, -0.2) is 66.2 Å². The van der Waals surface area contributed by atoms with Crippen LogP contribution in [0.1, 0.15) is 29.3 Å². The van der Waals surface area contributed by atoms with Gasteiger partial charge in [0.05, 0.1) is 37.9 Å². The molecule has 0 aliphatic carbocycles. The number of methoxy groups -OCH3 is 1. The third-order valence-corrected chi connectivity index (χ3v) is 4.63. The maximum atomic E-state index is 12.7. The first kappa shape index (κ1) is 20.0. The molecule has 1 unspecified atom stereocenters. The number of ether oxygens (including phenoxy) is 1. The number of benzene rings is 1. The van der Waals surface area contributed by atoms with Crippen LogP contribution in [-0.2, 0) is 22.7 Å². The zero-order valence-corrected chi connectivity index (χ0v) is 15.8. The van der Waals surface area contributed by atoms with Gasteiger partial charge in [-0.15, -0.1) is 5.10 Å². The van der Waals surface area contributed by atoms with Crippen LogP contribution in [0.3, 0.4) is 0 Å². The summed E-state index contributed by atoms with van der Waals surface area (Å²) in [6.07, 6.45) is 3.54. The fourth-order valence-electron chi connectivity index (χ4n) is 3.28. The van der Waals surface area contributed by atoms with Crippen molar-refractivity contribution in [3.8, 4) is 5.75 Å². The number of rotatable bonds is 5. The van der Waals surface area contributed by atoms with Crippen LogP contribution in [0.25, 0.3) is 0 Å². The first-order valence-corrected chi connectivity index (χ1v) is 8.88. The second-order valence-electron chi connectivity index (χ2n) is 6.30. The Balaban J connectivity index is 0.000000755. The lowest BCUT2D eigenvalue weighted by Gasteiger charge is -2.32. The number of carboxylic acid groups (broad SMARTS) is 1. The minimum atomic E-state index is -0.250. The van der Waals surface area contributed by atoms with Gasteiger partial charge in [-0.3, -0.25) is 9.59 Å². The summed E-state index contributed by atoms with van der Waals surface area (Å²) in [6.45, 7) is 1.33. The van der Waals surface area contributed by atoms with E-state index in [1.54, 1.807) is 18.1 Å². The maximum absolute atomic E-state index is 12.7. The number of H-pyrrole nitrogens is 1. The van der Waals surface area contributed by atoms with E-state index in [2.05, 4.69) is 25.5 Å². The minimum absolute atomic E-state index is 0.0112. The SMILES string of the molecule is COc1cccc(C2CN(C(=O)CCn3cnnn3)Cc3[nH]cnc32)c1.O=CO. The fraction of sp³-hybridized carbons (Fsp3) is 0.333. The van der Waals surface area contributed by atoms with Gasteiger partial charge in [0.1, 0.15) is 12.1 Å². The molecule has 0 bridgehead atoms. The molecule has 0 fully saturated rings. The third-order valence-electron chi connectivity index (χ3n) is 4.63. The fourth-order valence-corrected chi connectivity index (χ4v) is 3.28. The highest BCUT2D eigenvalue weighted by Crippen LogP contribution is 2.33. The monoisotopic (exact) mass is 399 g/mol. The Morgan fingerprint density at radius 1 is 1.45 bits per heavy atom. The number of nitrogens with zero attached hydrogens (tertiary/aromatic N) is 6. The lowest BCUT2D eigenvalue weighted by Crippen LogP contribution is -2.39. The summed E-state index contributed by atoms with van der Waals surface area (Å²) in [5.41, 5.74) is 3.04. The smallest absolute Gasteiger partial charge is 0.290 e. The molecule has 3 aromatic rings. The molecule has 0 spiro atoms. The molecule has 1 aliphatic rings. The number of amides is 1. The molecule has 0 saturated carbocycles. The van der Waals surface area contributed by atoms with E-state index in [0.717, 1.165) is 22.7 Å². The number of carbonyl (C=O) groups is 2. The van der Waals surface area contributed by atoms with Crippen LogP contribution in [0.5, 0.6) is 5.75 Å². The number of nitrogens with one attached hydrogen (secondary N) is 1. The van der Waals surface area contributed by atoms with Crippen LogP contribution in [0.2, 0.25) is 0 Å². The second-order valence-corrected chi connectivity index (χ2v) is 6.30. The molecule has 11 nitrogen and oxygen atoms in total. The Labute approximate surface area is 166 Å². The standard InChI is InChI=1S/C17H19N7O2.CH2O2/c1-26-13-4-2-3-12(7-13)14-8-23(9-15-17(14)19-10-18-15)16(25)5-6-24-11-20-21-22-24;2-1-3/h2-4,7,10-11,14H,5-6,8-9H2,1H3,(H,18,19);1H,(H,2,3). The van der Waals surface area contributed by atoms with Crippen molar-refractivity contribution < 1.29 is 19.4 Å². The number of imidazole rings is 1. The molecule has 0 radical (unpaired) electrons. The number of carbonyl (C=O) groups excluding carboxylic acids is 1. The van der Waals surface area contributed by atoms with Crippen LogP contribution < -0.4 is 4.74 Å². The summed E-state index contributed by atoms with van der Waals surface area (Å²) in [5.74, 6) is 0.868. The van der Waals surface area contributed by atoms with Crippen molar-refractivity contribution in [1.29, 1.82) is 0 Å². The van der Waals surface area contributed by atoms with Crippen LogP contribution >= 0.6 is 0 Å². The molecular formula is C18H21N7O4. The maximum Gasteiger partial charge on any atom is 0.290 e. The molecule has 1 aliphatic heterocycles. The van der Waals surface area contributed by atoms with Gasteiger partial charge in [0.15, 0.2) is 0 Å². The summed E-state index contributed by atoms with van der Waals surface area (Å²) in [7, 11) is 1.65. The quantitative estimate of drug-likeness (QED) is 0.597. The van der Waals surface area contributed by atoms with Gasteiger partial charge in [-0.05, 0) is 28.1 Å². The van der Waals surface area contributed by atoms with Crippen molar-refractivity contribution in [2.75, 3.05) is 13.7 Å². The zero-order valence-electron chi connectivity index (χ0n) is 15.8. The van der Waals surface area contributed by atoms with Gasteiger partial charge in [0.25, 0.3) is 6.47 Å². The van der Waals surface area contributed by atoms with E-state index in [1.165, 1.54) is 6.33 Å². The topological polar surface area (TPSA) is 139 Å². The van der Waals surface area contributed by atoms with E-state index in [9.17, 15) is 4.79 Å². The summed E-state index contributed by atoms with van der Waals surface area (Å²) in [5, 5.41) is 17.9. The summed E-state index contributed by atoms with van der Waals surface area (Å²) in [4.78, 5) is 30.6. The molecule has 2 aromatic heterocycles. The Kier molecular flexibility index (Phi) is 6.51. The van der Waals surface area contributed by atoms with Gasteiger partial charge in [0, 0.05) is 18.9 Å². The van der Waals surface area contributed by atoms with Crippen molar-refractivity contribution in [3.05, 3.63) is 53.9 Å². The average Bonchev–Trinajstić information content (AvgIpc) is 3.43. The van der Waals surface area contributed by atoms with Crippen molar-refractivity contribution in [1.82, 2.24) is 35.1 Å². The van der Waals surface area contributed by atoms with Crippen molar-refractivity contribution in [3.63, 3.8) is 0 Å². The van der Waals surface area contributed by atoms with Gasteiger partial charge in [-0.2, -0.15) is 0 Å². The van der Waals surface area contributed by atoms with Crippen LogP contribution in [0.15, 0.2) is 36.9 Å². The molecule has 1 aromatic carbocycles. The molecule has 29 heavy (non-hydrogen) atoms. The highest BCUT2D eigenvalue weighted by atomic mass is 16.5. The Morgan fingerprint density at radius 2 is 2.28 bits per heavy atom. The van der Waals surface area contributed by atoms with Crippen molar-refractivity contribution >= 4 is 12.4 Å². The summed E-state index contributed by atoms with van der Waals surface area (Å²) < 4.78 is 6.90. The van der Waals surface area contributed by atoms with E-state index in [1.807, 2.05) is 29.2 Å². The van der Waals surface area contributed by atoms with E-state index in [-0.39, 0.29) is 18.3 Å². The van der Waals surface area contributed by atoms with Gasteiger partial charge < -0.3 is 19.7 Å². The van der Waals surface area contributed by atoms with E-state index < -0.39 is 0 Å². The lowest BCUT2D eigenvalue weighted by atomic mass is 9.90. The van der Waals surface area contributed by atoms with Gasteiger partial charge in [0.2, 0.25) is 5.91 Å². The average molecular weight is 399 g/mol. The predicted molar refractivity (Wildman–Crippen MR) is 100.0 cm³/mol. The van der Waals surface area contributed by atoms with Crippen LogP contribution in [0, 0.1) is 0 Å². The van der Waals surface area contributed by atoms with Gasteiger partial charge >= 0.3 is 0 Å². The molecule has 0 saturated heterocycles. The Morgan fingerprint density at radius 3 is 3.00 bits per heavy atom. The predicted octanol–water partition coefficient (Wildman–Crippen LogP) is 0.670. The zero-order chi connectivity index (χ0) is 20.6. The molecule has 1 amide bonds. The highest BCUT2D eigenvalue weighted by Gasteiger charge is 2.31. The van der Waals surface area contributed by atoms with Gasteiger partial charge in [-0.1, -0.05) is 12.1 Å². The molecular weight excluding hydrogens is 378 g/mol. The number of aromatic nitrogens is 6. The Hall–Kier alpha value is -3.76. The van der Waals surface area contributed by atoms with E-state index in [0.29, 0.717) is 26.1 Å². The minimum Gasteiger partial charge on any atom is -0.497 e. The number of aryl methyl sites for hydroxylation is 1. The highest BCUT2D eigenvalue weighted by molar-refractivity contribution is 5.76. The molecule has 2 N–H and O–H groups in total. The molecule has 152 valence electrons. The van der Waals surface area contributed by atoms with E-state index >= 15 is 0 Å². The number of fused-ring (bicyclic) bond motifs is 1. The number of aromatic amines is 1. The molecule has 11 heteroatoms. The third kappa shape index (κ3) is 4.75. The number of hydrogen-bond donors (Lipinski definition) is 2. The van der Waals surface area contributed by atoms with Crippen LogP contribution in [0.4, 0.5) is 0 Å². The second kappa shape index (κ2) is 9.44. The lowest BCUT2D eigenvalue weighted by molar-refractivity contribution is -0.132. The molecule has 4 rings (SSSR count). The molecule has 3 heterocycles. The summed E-state index contributed by atoms with van der Waals surface area (Å²) in [6, 6.07) is 7.91. The largest absolute Gasteiger partial charge is 0.497 e. The number of hydrogen-bond acceptors (Lipinski definition) is 7. The number of tetrazole rings is 1. The van der Waals surface area contributed by atoms with Gasteiger partial charge in [-0.25, -0.2) is 9.67 Å². The first-order valence-electron chi connectivity index (χ1n) is 8.88.